The standard InChI is InChI=1S/C16H20N2O6/c1-9(2)17-13(21)7-10(14(17)22)8-16(3,4)15(23)24-18-11(19)5-6-12(18)20/h7,9H,5-6,8H2,1-4H3. The number of hydrogen-bond donors (Lipinski definition) is 0. The molecule has 1 fully saturated rings. The topological polar surface area (TPSA) is 101 Å². The minimum atomic E-state index is -1.18. The summed E-state index contributed by atoms with van der Waals surface area (Å²) in [4.78, 5) is 65.5. The third-order valence-electron chi connectivity index (χ3n) is 3.91. The zero-order valence-corrected chi connectivity index (χ0v) is 14.1. The Morgan fingerprint density at radius 1 is 1.17 bits per heavy atom. The maximum Gasteiger partial charge on any atom is 0.339 e. The van der Waals surface area contributed by atoms with E-state index >= 15 is 0 Å². The van der Waals surface area contributed by atoms with E-state index in [2.05, 4.69) is 0 Å². The Bertz CT molecular complexity index is 645. The van der Waals surface area contributed by atoms with Gasteiger partial charge in [0.05, 0.1) is 5.41 Å². The molecule has 1 saturated heterocycles. The van der Waals surface area contributed by atoms with Gasteiger partial charge in [0, 0.05) is 30.5 Å². The average Bonchev–Trinajstić information content (AvgIpc) is 2.91. The number of imide groups is 2. The highest BCUT2D eigenvalue weighted by atomic mass is 16.7. The molecule has 2 aliphatic rings. The van der Waals surface area contributed by atoms with Crippen LogP contribution in [0.2, 0.25) is 0 Å². The van der Waals surface area contributed by atoms with E-state index in [1.54, 1.807) is 13.8 Å². The molecule has 0 spiro atoms. The number of amides is 4. The van der Waals surface area contributed by atoms with Gasteiger partial charge in [-0.2, -0.15) is 0 Å². The smallest absolute Gasteiger partial charge is 0.330 e. The number of hydrogen-bond acceptors (Lipinski definition) is 6. The number of hydroxylamine groups is 2. The Morgan fingerprint density at radius 2 is 1.71 bits per heavy atom. The Labute approximate surface area is 139 Å². The summed E-state index contributed by atoms with van der Waals surface area (Å²) >= 11 is 0. The van der Waals surface area contributed by atoms with Gasteiger partial charge < -0.3 is 4.84 Å². The van der Waals surface area contributed by atoms with E-state index in [9.17, 15) is 24.0 Å². The molecule has 0 aromatic rings. The van der Waals surface area contributed by atoms with Gasteiger partial charge in [-0.3, -0.25) is 24.1 Å². The lowest BCUT2D eigenvalue weighted by molar-refractivity contribution is -0.204. The molecule has 8 nitrogen and oxygen atoms in total. The molecule has 0 aromatic heterocycles. The molecule has 8 heteroatoms. The summed E-state index contributed by atoms with van der Waals surface area (Å²) in [6.07, 6.45) is 1.20. The van der Waals surface area contributed by atoms with Gasteiger partial charge in [-0.15, -0.1) is 5.06 Å². The van der Waals surface area contributed by atoms with Crippen molar-refractivity contribution in [1.29, 1.82) is 0 Å². The van der Waals surface area contributed by atoms with Gasteiger partial charge in [-0.25, -0.2) is 4.79 Å². The maximum absolute atomic E-state index is 12.3. The van der Waals surface area contributed by atoms with Crippen LogP contribution in [-0.2, 0) is 28.8 Å². The van der Waals surface area contributed by atoms with Crippen molar-refractivity contribution in [2.45, 2.75) is 53.0 Å². The van der Waals surface area contributed by atoms with Crippen molar-refractivity contribution < 1.29 is 28.8 Å². The van der Waals surface area contributed by atoms with Crippen LogP contribution in [0.1, 0.15) is 47.0 Å². The fourth-order valence-corrected chi connectivity index (χ4v) is 2.56. The molecule has 2 heterocycles. The summed E-state index contributed by atoms with van der Waals surface area (Å²) in [5.41, 5.74) is -0.979. The highest BCUT2D eigenvalue weighted by molar-refractivity contribution is 6.16. The van der Waals surface area contributed by atoms with E-state index in [4.69, 9.17) is 4.84 Å². The monoisotopic (exact) mass is 336 g/mol. The summed E-state index contributed by atoms with van der Waals surface area (Å²) in [5.74, 6) is -2.80. The fourth-order valence-electron chi connectivity index (χ4n) is 2.56. The second-order valence-electron chi connectivity index (χ2n) is 6.80. The van der Waals surface area contributed by atoms with Crippen molar-refractivity contribution in [1.82, 2.24) is 9.96 Å². The first-order chi connectivity index (χ1) is 11.0. The van der Waals surface area contributed by atoms with E-state index in [0.29, 0.717) is 5.06 Å². The molecule has 0 aromatic carbocycles. The van der Waals surface area contributed by atoms with Gasteiger partial charge in [0.25, 0.3) is 23.6 Å². The first-order valence-corrected chi connectivity index (χ1v) is 7.71. The minimum Gasteiger partial charge on any atom is -0.330 e. The molecule has 0 saturated carbocycles. The molecule has 2 rings (SSSR count). The Hall–Kier alpha value is -2.51. The molecule has 4 amide bonds. The lowest BCUT2D eigenvalue weighted by Crippen LogP contribution is -2.39. The van der Waals surface area contributed by atoms with Crippen LogP contribution in [0.4, 0.5) is 0 Å². The molecular weight excluding hydrogens is 316 g/mol. The van der Waals surface area contributed by atoms with Gasteiger partial charge in [0.15, 0.2) is 0 Å². The van der Waals surface area contributed by atoms with Crippen LogP contribution in [0.5, 0.6) is 0 Å². The lowest BCUT2D eigenvalue weighted by atomic mass is 9.85. The summed E-state index contributed by atoms with van der Waals surface area (Å²) in [5, 5.41) is 0.473. The van der Waals surface area contributed by atoms with Gasteiger partial charge in [0.2, 0.25) is 0 Å². The number of carbonyl (C=O) groups excluding carboxylic acids is 5. The maximum atomic E-state index is 12.3. The molecular formula is C16H20N2O6. The normalized spacial score (nSPS) is 18.8. The van der Waals surface area contributed by atoms with Crippen molar-refractivity contribution in [2.24, 2.45) is 5.41 Å². The van der Waals surface area contributed by atoms with Crippen molar-refractivity contribution in [3.63, 3.8) is 0 Å². The lowest BCUT2D eigenvalue weighted by Gasteiger charge is -2.25. The molecule has 0 bridgehead atoms. The predicted molar refractivity (Wildman–Crippen MR) is 80.6 cm³/mol. The van der Waals surface area contributed by atoms with Crippen molar-refractivity contribution >= 4 is 29.6 Å². The molecule has 0 N–H and O–H groups in total. The number of rotatable bonds is 5. The third-order valence-corrected chi connectivity index (χ3v) is 3.91. The first-order valence-electron chi connectivity index (χ1n) is 7.71. The molecule has 0 atom stereocenters. The second kappa shape index (κ2) is 6.18. The van der Waals surface area contributed by atoms with Gasteiger partial charge in [-0.1, -0.05) is 0 Å². The molecule has 0 aliphatic carbocycles. The summed E-state index contributed by atoms with van der Waals surface area (Å²) < 4.78 is 0. The largest absolute Gasteiger partial charge is 0.339 e. The van der Waals surface area contributed by atoms with E-state index < -0.39 is 35.0 Å². The highest BCUT2D eigenvalue weighted by Crippen LogP contribution is 2.31. The summed E-state index contributed by atoms with van der Waals surface area (Å²) in [7, 11) is 0. The molecule has 24 heavy (non-hydrogen) atoms. The van der Waals surface area contributed by atoms with Crippen LogP contribution in [-0.4, -0.2) is 45.6 Å². The summed E-state index contributed by atoms with van der Waals surface area (Å²) in [6.45, 7) is 6.49. The van der Waals surface area contributed by atoms with Crippen LogP contribution in [0.3, 0.4) is 0 Å². The van der Waals surface area contributed by atoms with Crippen LogP contribution >= 0.6 is 0 Å². The van der Waals surface area contributed by atoms with E-state index in [1.165, 1.54) is 19.9 Å². The van der Waals surface area contributed by atoms with Crippen molar-refractivity contribution in [2.75, 3.05) is 0 Å². The highest BCUT2D eigenvalue weighted by Gasteiger charge is 2.41. The summed E-state index contributed by atoms with van der Waals surface area (Å²) in [6, 6.07) is -0.284. The van der Waals surface area contributed by atoms with Crippen LogP contribution in [0.15, 0.2) is 11.6 Å². The van der Waals surface area contributed by atoms with Crippen LogP contribution < -0.4 is 0 Å². The second-order valence-corrected chi connectivity index (χ2v) is 6.80. The minimum absolute atomic E-state index is 0.00797. The van der Waals surface area contributed by atoms with Crippen molar-refractivity contribution in [3.8, 4) is 0 Å². The zero-order valence-electron chi connectivity index (χ0n) is 14.1. The van der Waals surface area contributed by atoms with Gasteiger partial charge in [0.1, 0.15) is 0 Å². The predicted octanol–water partition coefficient (Wildman–Crippen LogP) is 0.714. The Balaban J connectivity index is 2.08. The third kappa shape index (κ3) is 3.22. The first kappa shape index (κ1) is 17.8. The Kier molecular flexibility index (Phi) is 4.59. The average molecular weight is 336 g/mol. The van der Waals surface area contributed by atoms with Crippen LogP contribution in [0.25, 0.3) is 0 Å². The van der Waals surface area contributed by atoms with Crippen molar-refractivity contribution in [3.05, 3.63) is 11.6 Å². The van der Waals surface area contributed by atoms with E-state index in [-0.39, 0.29) is 30.9 Å². The SMILES string of the molecule is CC(C)N1C(=O)C=C(CC(C)(C)C(=O)ON2C(=O)CCC2=O)C1=O. The Morgan fingerprint density at radius 3 is 2.17 bits per heavy atom. The van der Waals surface area contributed by atoms with E-state index in [1.807, 2.05) is 0 Å². The fraction of sp³-hybridized carbons (Fsp3) is 0.562. The van der Waals surface area contributed by atoms with Gasteiger partial charge >= 0.3 is 5.97 Å². The zero-order chi connectivity index (χ0) is 18.2. The van der Waals surface area contributed by atoms with Gasteiger partial charge in [-0.05, 0) is 34.1 Å². The van der Waals surface area contributed by atoms with Crippen LogP contribution in [0, 0.1) is 5.41 Å². The molecule has 2 aliphatic heterocycles. The molecule has 130 valence electrons. The molecule has 0 unspecified atom stereocenters. The number of carbonyl (C=O) groups is 5. The van der Waals surface area contributed by atoms with E-state index in [0.717, 1.165) is 4.90 Å². The molecule has 0 radical (unpaired) electrons. The quantitative estimate of drug-likeness (QED) is 0.686. The number of nitrogens with zero attached hydrogens (tertiary/aromatic N) is 2.